The lowest BCUT2D eigenvalue weighted by Gasteiger charge is -2.30. The van der Waals surface area contributed by atoms with Crippen molar-refractivity contribution in [3.63, 3.8) is 0 Å². The molecule has 0 saturated carbocycles. The normalized spacial score (nSPS) is 17.8. The molecule has 4 atom stereocenters. The fourth-order valence-corrected chi connectivity index (χ4v) is 8.31. The number of rotatable bonds is 11. The predicted octanol–water partition coefficient (Wildman–Crippen LogP) is 6.08. The van der Waals surface area contributed by atoms with Gasteiger partial charge >= 0.3 is 12.2 Å². The highest BCUT2D eigenvalue weighted by Gasteiger charge is 2.38. The first kappa shape index (κ1) is 40.9. The average molecular weight is 805 g/mol. The maximum atomic E-state index is 13.7. The predicted molar refractivity (Wildman–Crippen MR) is 223 cm³/mol. The number of pyridine rings is 1. The Balaban J connectivity index is 1.04. The number of fused-ring (bicyclic) bond motifs is 4. The number of nitrogens with one attached hydrogen (secondary N) is 4. The summed E-state index contributed by atoms with van der Waals surface area (Å²) in [5.74, 6) is -0.154. The maximum Gasteiger partial charge on any atom is 0.407 e. The Labute approximate surface area is 342 Å². The van der Waals surface area contributed by atoms with E-state index in [0.717, 1.165) is 75.3 Å². The molecule has 4 N–H and O–H groups in total. The van der Waals surface area contributed by atoms with Gasteiger partial charge in [-0.05, 0) is 78.3 Å². The maximum absolute atomic E-state index is 13.7. The summed E-state index contributed by atoms with van der Waals surface area (Å²) >= 11 is 0. The number of aromatic nitrogens is 3. The molecule has 5 aromatic rings. The monoisotopic (exact) mass is 804 g/mol. The molecule has 4 heterocycles. The number of aromatic amines is 1. The van der Waals surface area contributed by atoms with Gasteiger partial charge in [0.1, 0.15) is 17.9 Å². The third-order valence-electron chi connectivity index (χ3n) is 11.6. The van der Waals surface area contributed by atoms with E-state index in [1.165, 1.54) is 14.2 Å². The van der Waals surface area contributed by atoms with E-state index in [9.17, 15) is 24.0 Å². The Morgan fingerprint density at radius 2 is 1.41 bits per heavy atom. The molecule has 15 nitrogen and oxygen atoms in total. The topological polar surface area (TPSA) is 188 Å². The molecule has 310 valence electrons. The van der Waals surface area contributed by atoms with Gasteiger partial charge in [0.15, 0.2) is 0 Å². The van der Waals surface area contributed by atoms with Crippen LogP contribution in [0.5, 0.6) is 0 Å². The van der Waals surface area contributed by atoms with Crippen LogP contribution < -0.4 is 16.0 Å². The van der Waals surface area contributed by atoms with Crippen molar-refractivity contribution in [3.8, 4) is 11.1 Å². The molecule has 0 radical (unpaired) electrons. The van der Waals surface area contributed by atoms with Crippen LogP contribution in [-0.2, 0) is 19.1 Å². The van der Waals surface area contributed by atoms with Crippen LogP contribution in [0.3, 0.4) is 0 Å². The molecule has 2 saturated heterocycles. The molecule has 15 heteroatoms. The Kier molecular flexibility index (Phi) is 12.0. The van der Waals surface area contributed by atoms with Crippen LogP contribution in [0.2, 0.25) is 0 Å². The van der Waals surface area contributed by atoms with E-state index >= 15 is 0 Å². The van der Waals surface area contributed by atoms with Gasteiger partial charge in [-0.3, -0.25) is 19.4 Å². The lowest BCUT2D eigenvalue weighted by Crippen LogP contribution is -2.54. The van der Waals surface area contributed by atoms with Crippen LogP contribution in [0.15, 0.2) is 60.8 Å². The van der Waals surface area contributed by atoms with Gasteiger partial charge in [0.25, 0.3) is 5.91 Å². The summed E-state index contributed by atoms with van der Waals surface area (Å²) < 4.78 is 9.50. The number of ether oxygens (including phenoxy) is 2. The van der Waals surface area contributed by atoms with Gasteiger partial charge < -0.3 is 40.2 Å². The second-order valence-electron chi connectivity index (χ2n) is 16.1. The molecule has 2 aliphatic rings. The summed E-state index contributed by atoms with van der Waals surface area (Å²) in [4.78, 5) is 81.0. The van der Waals surface area contributed by atoms with Crippen molar-refractivity contribution in [2.24, 2.45) is 11.8 Å². The van der Waals surface area contributed by atoms with E-state index in [4.69, 9.17) is 14.5 Å². The molecule has 0 spiro atoms. The minimum atomic E-state index is -0.722. The molecular weight excluding hydrogens is 753 g/mol. The highest BCUT2D eigenvalue weighted by atomic mass is 16.5. The molecular formula is C44H52N8O7. The van der Waals surface area contributed by atoms with E-state index in [1.54, 1.807) is 11.1 Å². The van der Waals surface area contributed by atoms with E-state index in [-0.39, 0.29) is 48.2 Å². The zero-order valence-electron chi connectivity index (χ0n) is 34.3. The first-order valence-corrected chi connectivity index (χ1v) is 20.3. The highest BCUT2D eigenvalue weighted by Crippen LogP contribution is 2.35. The van der Waals surface area contributed by atoms with Crippen molar-refractivity contribution in [3.05, 3.63) is 72.2 Å². The fourth-order valence-electron chi connectivity index (χ4n) is 8.31. The summed E-state index contributed by atoms with van der Waals surface area (Å²) in [5.41, 5.74) is 4.84. The molecule has 2 fully saturated rings. The van der Waals surface area contributed by atoms with Gasteiger partial charge in [-0.25, -0.2) is 14.6 Å². The standard InChI is InChI=1S/C44H52N8O7/c1-24(2)36(49-43(56)58-5)41(54)51-17-7-9-31(51)23-46-40(53)30-20-29-12-11-27(21-34(29)45-22-30)26-13-15-32-28(19-26)14-16-33-38(32)48-39(47-33)35-10-8-18-52(35)42(55)37(25(3)4)50-44(57)59-6/h11-16,19-22,24-25,31,35-37H,7-10,17-18,23H2,1-6H3,(H,46,53)(H,47,48)(H,49,56)(H,50,57)/t31-,35-,36-,37-/m0/s1. The number of nitrogens with zero attached hydrogens (tertiary/aromatic N) is 4. The van der Waals surface area contributed by atoms with Gasteiger partial charge in [0.2, 0.25) is 11.8 Å². The lowest BCUT2D eigenvalue weighted by atomic mass is 9.99. The molecule has 0 bridgehead atoms. The Bertz CT molecular complexity index is 2410. The molecule has 0 unspecified atom stereocenters. The third-order valence-corrected chi connectivity index (χ3v) is 11.6. The largest absolute Gasteiger partial charge is 0.453 e. The summed E-state index contributed by atoms with van der Waals surface area (Å²) in [6.07, 6.45) is 3.42. The SMILES string of the molecule is COC(=O)N[C@H](C(=O)N1CCC[C@H]1CNC(=O)c1cnc2cc(-c3ccc4c(ccc5[nH]c([C@@H]6CCCN6C(=O)[C@@H](NC(=O)OC)C(C)C)nc54)c3)ccc2c1)C(C)C. The van der Waals surface area contributed by atoms with Crippen LogP contribution >= 0.6 is 0 Å². The van der Waals surface area contributed by atoms with Crippen molar-refractivity contribution in [1.82, 2.24) is 40.7 Å². The molecule has 7 rings (SSSR count). The Morgan fingerprint density at radius 3 is 2.10 bits per heavy atom. The van der Waals surface area contributed by atoms with Crippen LogP contribution in [0.1, 0.15) is 75.6 Å². The van der Waals surface area contributed by atoms with Gasteiger partial charge in [-0.2, -0.15) is 0 Å². The van der Waals surface area contributed by atoms with Gasteiger partial charge in [-0.1, -0.05) is 58.0 Å². The number of carbonyl (C=O) groups excluding carboxylic acids is 5. The summed E-state index contributed by atoms with van der Waals surface area (Å²) in [7, 11) is 2.55. The lowest BCUT2D eigenvalue weighted by molar-refractivity contribution is -0.136. The van der Waals surface area contributed by atoms with E-state index in [2.05, 4.69) is 50.2 Å². The third kappa shape index (κ3) is 8.50. The molecule has 2 aliphatic heterocycles. The van der Waals surface area contributed by atoms with Crippen LogP contribution in [-0.4, -0.2) is 107 Å². The van der Waals surface area contributed by atoms with Crippen molar-refractivity contribution in [2.75, 3.05) is 33.9 Å². The minimum Gasteiger partial charge on any atom is -0.453 e. The summed E-state index contributed by atoms with van der Waals surface area (Å²) in [6, 6.07) is 16.2. The molecule has 2 aromatic heterocycles. The number of alkyl carbamates (subject to hydrolysis) is 2. The zero-order chi connectivity index (χ0) is 42.0. The number of hydrogen-bond donors (Lipinski definition) is 4. The van der Waals surface area contributed by atoms with Crippen LogP contribution in [0.4, 0.5) is 9.59 Å². The highest BCUT2D eigenvalue weighted by molar-refractivity contribution is 6.06. The second kappa shape index (κ2) is 17.3. The van der Waals surface area contributed by atoms with Crippen LogP contribution in [0, 0.1) is 11.8 Å². The molecule has 59 heavy (non-hydrogen) atoms. The molecule has 0 aliphatic carbocycles. The quantitative estimate of drug-likeness (QED) is 0.123. The second-order valence-corrected chi connectivity index (χ2v) is 16.1. The average Bonchev–Trinajstić information content (AvgIpc) is 4.02. The summed E-state index contributed by atoms with van der Waals surface area (Å²) in [5, 5.41) is 11.2. The number of H-pyrrole nitrogens is 1. The van der Waals surface area contributed by atoms with Crippen molar-refractivity contribution in [1.29, 1.82) is 0 Å². The molecule has 3 aromatic carbocycles. The van der Waals surface area contributed by atoms with Gasteiger partial charge in [0.05, 0.1) is 42.4 Å². The van der Waals surface area contributed by atoms with Crippen LogP contribution in [0.25, 0.3) is 43.8 Å². The first-order valence-electron chi connectivity index (χ1n) is 20.3. The smallest absolute Gasteiger partial charge is 0.407 e. The number of methoxy groups -OCH3 is 2. The van der Waals surface area contributed by atoms with Crippen molar-refractivity contribution < 1.29 is 33.4 Å². The Hall–Kier alpha value is -6.25. The van der Waals surface area contributed by atoms with E-state index in [1.807, 2.05) is 62.9 Å². The zero-order valence-corrected chi connectivity index (χ0v) is 34.3. The number of carbonyl (C=O) groups is 5. The number of hydrogen-bond acceptors (Lipinski definition) is 9. The molecule has 5 amide bonds. The Morgan fingerprint density at radius 1 is 0.780 bits per heavy atom. The number of amides is 5. The first-order chi connectivity index (χ1) is 28.4. The summed E-state index contributed by atoms with van der Waals surface area (Å²) in [6.45, 7) is 8.94. The number of imidazole rings is 1. The van der Waals surface area contributed by atoms with E-state index in [0.29, 0.717) is 18.7 Å². The van der Waals surface area contributed by atoms with Crippen molar-refractivity contribution in [2.45, 2.75) is 77.5 Å². The van der Waals surface area contributed by atoms with Gasteiger partial charge in [-0.15, -0.1) is 0 Å². The van der Waals surface area contributed by atoms with Gasteiger partial charge in [0, 0.05) is 42.6 Å². The number of benzene rings is 3. The van der Waals surface area contributed by atoms with Crippen molar-refractivity contribution >= 4 is 62.6 Å². The van der Waals surface area contributed by atoms with E-state index < -0.39 is 24.3 Å². The minimum absolute atomic E-state index is 0.123. The number of likely N-dealkylation sites (tertiary alicyclic amines) is 2. The fraction of sp³-hybridized carbons (Fsp3) is 0.432.